The molecular weight excluding hydrogens is 464 g/mol. The van der Waals surface area contributed by atoms with Crippen molar-refractivity contribution in [2.24, 2.45) is 0 Å². The van der Waals surface area contributed by atoms with Crippen molar-refractivity contribution in [1.29, 1.82) is 0 Å². The maximum Gasteiger partial charge on any atom is 0.266 e. The normalized spacial score (nSPS) is 19.1. The van der Waals surface area contributed by atoms with Crippen molar-refractivity contribution in [3.05, 3.63) is 71.3 Å². The van der Waals surface area contributed by atoms with Crippen molar-refractivity contribution >= 4 is 55.6 Å². The predicted octanol–water partition coefficient (Wildman–Crippen LogP) is 4.78. The lowest BCUT2D eigenvalue weighted by atomic mass is 9.99. The molecule has 2 aliphatic rings. The van der Waals surface area contributed by atoms with Gasteiger partial charge in [-0.1, -0.05) is 73.8 Å². The lowest BCUT2D eigenvalue weighted by Gasteiger charge is -2.27. The van der Waals surface area contributed by atoms with Gasteiger partial charge in [0.25, 0.3) is 16.0 Å². The topological polar surface area (TPSA) is 77.9 Å². The Labute approximate surface area is 199 Å². The van der Waals surface area contributed by atoms with E-state index in [4.69, 9.17) is 16.8 Å². The molecule has 1 aromatic carbocycles. The second kappa shape index (κ2) is 11.1. The van der Waals surface area contributed by atoms with Gasteiger partial charge in [0.1, 0.15) is 4.32 Å². The first-order chi connectivity index (χ1) is 15.3. The van der Waals surface area contributed by atoms with E-state index in [1.54, 1.807) is 11.0 Å². The molecule has 0 aromatic heterocycles. The molecule has 1 fully saturated rings. The Morgan fingerprint density at radius 2 is 1.88 bits per heavy atom. The summed E-state index contributed by atoms with van der Waals surface area (Å²) < 4.78 is 31.5. The van der Waals surface area contributed by atoms with Crippen molar-refractivity contribution in [2.75, 3.05) is 23.7 Å². The number of para-hydroxylation sites is 1. The fourth-order valence-corrected chi connectivity index (χ4v) is 5.15. The molecule has 1 amide bonds. The number of hydrogen-bond donors (Lipinski definition) is 1. The Morgan fingerprint density at radius 1 is 1.12 bits per heavy atom. The maximum absolute atomic E-state index is 12.5. The highest BCUT2D eigenvalue weighted by atomic mass is 32.2. The van der Waals surface area contributed by atoms with Gasteiger partial charge in [-0.2, -0.15) is 8.42 Å². The first kappa shape index (κ1) is 24.4. The van der Waals surface area contributed by atoms with Gasteiger partial charge in [-0.3, -0.25) is 14.2 Å². The van der Waals surface area contributed by atoms with E-state index in [-0.39, 0.29) is 11.7 Å². The molecule has 1 saturated heterocycles. The Morgan fingerprint density at radius 3 is 2.62 bits per heavy atom. The van der Waals surface area contributed by atoms with Crippen LogP contribution in [0.4, 0.5) is 5.69 Å². The lowest BCUT2D eigenvalue weighted by molar-refractivity contribution is -0.122. The number of thioether (sulfide) groups is 1. The predicted molar refractivity (Wildman–Crippen MR) is 136 cm³/mol. The van der Waals surface area contributed by atoms with Crippen LogP contribution in [0.3, 0.4) is 0 Å². The molecule has 9 heteroatoms. The number of nitrogens with zero attached hydrogens (tertiary/aromatic N) is 2. The summed E-state index contributed by atoms with van der Waals surface area (Å²) >= 11 is 6.66. The maximum atomic E-state index is 12.5. The molecule has 0 unspecified atom stereocenters. The van der Waals surface area contributed by atoms with Crippen LogP contribution in [-0.2, 0) is 14.9 Å². The van der Waals surface area contributed by atoms with Gasteiger partial charge in [-0.25, -0.2) is 0 Å². The number of allylic oxidation sites excluding steroid dienone is 6. The summed E-state index contributed by atoms with van der Waals surface area (Å²) in [6.45, 7) is 3.23. The summed E-state index contributed by atoms with van der Waals surface area (Å²) in [5, 5.41) is 0. The van der Waals surface area contributed by atoms with Crippen molar-refractivity contribution in [1.82, 2.24) is 4.90 Å². The molecule has 2 heterocycles. The Kier molecular flexibility index (Phi) is 8.47. The monoisotopic (exact) mass is 490 g/mol. The molecular formula is C23H26N2O4S3. The molecule has 0 radical (unpaired) electrons. The molecule has 0 saturated carbocycles. The third-order valence-corrected chi connectivity index (χ3v) is 7.20. The van der Waals surface area contributed by atoms with E-state index in [1.165, 1.54) is 11.8 Å². The fraction of sp³-hybridized carbons (Fsp3) is 0.304. The molecule has 0 spiro atoms. The molecule has 170 valence electrons. The van der Waals surface area contributed by atoms with E-state index < -0.39 is 10.1 Å². The molecule has 2 aliphatic heterocycles. The Balaban J connectivity index is 1.69. The van der Waals surface area contributed by atoms with Gasteiger partial charge in [0, 0.05) is 30.5 Å². The number of benzene rings is 1. The van der Waals surface area contributed by atoms with Gasteiger partial charge >= 0.3 is 0 Å². The number of carbonyl (C=O) groups is 1. The molecule has 1 aromatic rings. The van der Waals surface area contributed by atoms with E-state index in [0.29, 0.717) is 28.7 Å². The number of hydrogen-bond acceptors (Lipinski definition) is 6. The summed E-state index contributed by atoms with van der Waals surface area (Å²) in [6.07, 6.45) is 13.6. The number of anilines is 1. The second-order valence-electron chi connectivity index (χ2n) is 7.38. The van der Waals surface area contributed by atoms with E-state index in [1.807, 2.05) is 59.7 Å². The highest BCUT2D eigenvalue weighted by molar-refractivity contribution is 8.26. The van der Waals surface area contributed by atoms with Gasteiger partial charge in [-0.05, 0) is 36.6 Å². The van der Waals surface area contributed by atoms with Crippen LogP contribution in [0.1, 0.15) is 31.7 Å². The molecule has 6 nitrogen and oxygen atoms in total. The van der Waals surface area contributed by atoms with Gasteiger partial charge < -0.3 is 4.90 Å². The standard InChI is InChI=1S/C23H26N2O4S3/c1-2-3-15-25-22(26)21(31-23(25)30)12-7-4-9-18-13-16-24(14-8-17-32(27,28)29)20-11-6-5-10-19(18)20/h4-7,9-13,16H,2-3,8,14-15,17H2,1H3,(H,27,28,29)/b7-4+,18-9+,21-12+. The number of unbranched alkanes of at least 4 members (excludes halogenated alkanes) is 1. The van der Waals surface area contributed by atoms with Gasteiger partial charge in [-0.15, -0.1) is 0 Å². The summed E-state index contributed by atoms with van der Waals surface area (Å²) in [6, 6.07) is 7.87. The van der Waals surface area contributed by atoms with Gasteiger partial charge in [0.2, 0.25) is 0 Å². The van der Waals surface area contributed by atoms with Crippen molar-refractivity contribution in [3.8, 4) is 0 Å². The first-order valence-corrected chi connectivity index (χ1v) is 13.3. The van der Waals surface area contributed by atoms with Gasteiger partial charge in [0.05, 0.1) is 10.7 Å². The SMILES string of the molecule is CCCCN1C(=O)\C(=C/C=C/C=C2\C=CN(CCCS(=O)(=O)O)c3ccccc32)SC1=S. The van der Waals surface area contributed by atoms with Crippen LogP contribution in [0.25, 0.3) is 5.57 Å². The number of rotatable bonds is 9. The van der Waals surface area contributed by atoms with E-state index in [9.17, 15) is 13.2 Å². The number of fused-ring (bicyclic) bond motifs is 1. The smallest absolute Gasteiger partial charge is 0.266 e. The highest BCUT2D eigenvalue weighted by Crippen LogP contribution is 2.33. The molecule has 0 bridgehead atoms. The van der Waals surface area contributed by atoms with E-state index >= 15 is 0 Å². The molecule has 0 aliphatic carbocycles. The fourth-order valence-electron chi connectivity index (χ4n) is 3.39. The van der Waals surface area contributed by atoms with Crippen LogP contribution < -0.4 is 4.90 Å². The molecule has 3 rings (SSSR count). The first-order valence-electron chi connectivity index (χ1n) is 10.4. The van der Waals surface area contributed by atoms with Crippen molar-refractivity contribution in [3.63, 3.8) is 0 Å². The Bertz CT molecular complexity index is 1100. The minimum absolute atomic E-state index is 0.0332. The van der Waals surface area contributed by atoms with E-state index in [0.717, 1.165) is 29.7 Å². The second-order valence-corrected chi connectivity index (χ2v) is 10.6. The largest absolute Gasteiger partial charge is 0.347 e. The summed E-state index contributed by atoms with van der Waals surface area (Å²) in [5.41, 5.74) is 3.01. The van der Waals surface area contributed by atoms with Gasteiger partial charge in [0.15, 0.2) is 0 Å². The third kappa shape index (κ3) is 6.41. The van der Waals surface area contributed by atoms with Crippen LogP contribution in [0.2, 0.25) is 0 Å². The van der Waals surface area contributed by atoms with Crippen LogP contribution in [0.5, 0.6) is 0 Å². The number of carbonyl (C=O) groups excluding carboxylic acids is 1. The van der Waals surface area contributed by atoms with Crippen LogP contribution in [-0.4, -0.2) is 46.9 Å². The quantitative estimate of drug-likeness (QED) is 0.303. The number of thiocarbonyl (C=S) groups is 1. The Hall–Kier alpha value is -2.20. The summed E-state index contributed by atoms with van der Waals surface area (Å²) in [7, 11) is -3.96. The van der Waals surface area contributed by atoms with Crippen LogP contribution in [0.15, 0.2) is 65.8 Å². The third-order valence-electron chi connectivity index (χ3n) is 5.00. The van der Waals surface area contributed by atoms with Crippen molar-refractivity contribution in [2.45, 2.75) is 26.2 Å². The zero-order valence-electron chi connectivity index (χ0n) is 17.8. The number of amides is 1. The average molecular weight is 491 g/mol. The average Bonchev–Trinajstić information content (AvgIpc) is 3.02. The summed E-state index contributed by atoms with van der Waals surface area (Å²) in [5.74, 6) is -0.301. The minimum Gasteiger partial charge on any atom is -0.347 e. The summed E-state index contributed by atoms with van der Waals surface area (Å²) in [4.78, 5) is 16.8. The molecule has 0 atom stereocenters. The molecule has 32 heavy (non-hydrogen) atoms. The van der Waals surface area contributed by atoms with Crippen LogP contribution >= 0.6 is 24.0 Å². The zero-order valence-corrected chi connectivity index (χ0v) is 20.3. The van der Waals surface area contributed by atoms with Crippen LogP contribution in [0, 0.1) is 0 Å². The highest BCUT2D eigenvalue weighted by Gasteiger charge is 2.30. The zero-order chi connectivity index (χ0) is 23.1. The van der Waals surface area contributed by atoms with E-state index in [2.05, 4.69) is 6.92 Å². The minimum atomic E-state index is -3.96. The van der Waals surface area contributed by atoms with Crippen molar-refractivity contribution < 1.29 is 17.8 Å². The molecule has 1 N–H and O–H groups in total. The lowest BCUT2D eigenvalue weighted by Crippen LogP contribution is -2.28.